The third kappa shape index (κ3) is 4.83. The number of rotatable bonds is 9. The Morgan fingerprint density at radius 1 is 1.07 bits per heavy atom. The lowest BCUT2D eigenvalue weighted by Crippen LogP contribution is -2.28. The van der Waals surface area contributed by atoms with Crippen molar-refractivity contribution < 1.29 is 23.4 Å². The predicted molar refractivity (Wildman–Crippen MR) is 112 cm³/mol. The van der Waals surface area contributed by atoms with Crippen LogP contribution in [0.1, 0.15) is 37.9 Å². The maximum absolute atomic E-state index is 12.6. The number of amides is 1. The molecule has 1 aromatic heterocycles. The summed E-state index contributed by atoms with van der Waals surface area (Å²) >= 11 is 0. The molecule has 0 saturated carbocycles. The molecule has 0 bridgehead atoms. The van der Waals surface area contributed by atoms with E-state index in [1.54, 1.807) is 13.4 Å². The second-order valence-electron chi connectivity index (χ2n) is 6.66. The Hall–Kier alpha value is -3.15. The molecule has 2 aromatic carbocycles. The molecule has 0 fully saturated rings. The summed E-state index contributed by atoms with van der Waals surface area (Å²) in [7, 11) is 1.61. The Morgan fingerprint density at radius 2 is 1.83 bits per heavy atom. The van der Waals surface area contributed by atoms with Gasteiger partial charge in [0.05, 0.1) is 39.0 Å². The van der Waals surface area contributed by atoms with E-state index in [-0.39, 0.29) is 18.4 Å². The zero-order chi connectivity index (χ0) is 20.8. The lowest BCUT2D eigenvalue weighted by atomic mass is 10.1. The first-order chi connectivity index (χ1) is 14.0. The molecule has 154 valence electrons. The molecule has 0 spiro atoms. The monoisotopic (exact) mass is 397 g/mol. The molecule has 1 amide bonds. The van der Waals surface area contributed by atoms with Crippen LogP contribution in [0.15, 0.2) is 47.1 Å². The van der Waals surface area contributed by atoms with Gasteiger partial charge in [-0.1, -0.05) is 6.07 Å². The summed E-state index contributed by atoms with van der Waals surface area (Å²) in [6.45, 7) is 6.92. The second-order valence-corrected chi connectivity index (χ2v) is 6.66. The second kappa shape index (κ2) is 9.37. The highest BCUT2D eigenvalue weighted by Gasteiger charge is 2.16. The number of carbonyl (C=O) groups excluding carboxylic acids is 1. The van der Waals surface area contributed by atoms with Crippen LogP contribution in [0.2, 0.25) is 0 Å². The van der Waals surface area contributed by atoms with Crippen molar-refractivity contribution in [2.45, 2.75) is 33.2 Å². The van der Waals surface area contributed by atoms with Crippen molar-refractivity contribution in [3.05, 3.63) is 53.8 Å². The summed E-state index contributed by atoms with van der Waals surface area (Å²) in [6.07, 6.45) is 1.86. The van der Waals surface area contributed by atoms with E-state index in [0.717, 1.165) is 22.3 Å². The molecular formula is C23H27NO5. The summed E-state index contributed by atoms with van der Waals surface area (Å²) in [5, 5.41) is 3.95. The van der Waals surface area contributed by atoms with Crippen LogP contribution in [-0.2, 0) is 11.2 Å². The van der Waals surface area contributed by atoms with Gasteiger partial charge < -0.3 is 23.9 Å². The molecule has 6 heteroatoms. The van der Waals surface area contributed by atoms with Crippen LogP contribution in [-0.4, -0.2) is 26.2 Å². The van der Waals surface area contributed by atoms with Crippen molar-refractivity contribution in [1.82, 2.24) is 5.32 Å². The normalized spacial score (nSPS) is 11.9. The van der Waals surface area contributed by atoms with Gasteiger partial charge >= 0.3 is 0 Å². The highest BCUT2D eigenvalue weighted by atomic mass is 16.5. The maximum Gasteiger partial charge on any atom is 0.225 e. The number of nitrogens with one attached hydrogen (secondary N) is 1. The van der Waals surface area contributed by atoms with Crippen LogP contribution < -0.4 is 19.5 Å². The topological polar surface area (TPSA) is 69.9 Å². The van der Waals surface area contributed by atoms with Gasteiger partial charge in [0.25, 0.3) is 0 Å². The molecule has 0 aliphatic rings. The van der Waals surface area contributed by atoms with Crippen molar-refractivity contribution in [1.29, 1.82) is 0 Å². The summed E-state index contributed by atoms with van der Waals surface area (Å²) in [6, 6.07) is 11.1. The Kier molecular flexibility index (Phi) is 6.65. The first kappa shape index (κ1) is 20.6. The molecule has 0 aliphatic heterocycles. The average Bonchev–Trinajstić information content (AvgIpc) is 3.11. The van der Waals surface area contributed by atoms with Crippen molar-refractivity contribution >= 4 is 16.9 Å². The lowest BCUT2D eigenvalue weighted by molar-refractivity contribution is -0.121. The van der Waals surface area contributed by atoms with Crippen molar-refractivity contribution in [2.75, 3.05) is 20.3 Å². The fourth-order valence-electron chi connectivity index (χ4n) is 3.21. The smallest absolute Gasteiger partial charge is 0.225 e. The van der Waals surface area contributed by atoms with Gasteiger partial charge in [-0.25, -0.2) is 0 Å². The number of ether oxygens (including phenoxy) is 3. The molecular weight excluding hydrogens is 370 g/mol. The summed E-state index contributed by atoms with van der Waals surface area (Å²) < 4.78 is 22.1. The van der Waals surface area contributed by atoms with Crippen molar-refractivity contribution in [2.24, 2.45) is 0 Å². The zero-order valence-corrected chi connectivity index (χ0v) is 17.3. The first-order valence-corrected chi connectivity index (χ1v) is 9.78. The molecule has 29 heavy (non-hydrogen) atoms. The van der Waals surface area contributed by atoms with Gasteiger partial charge in [-0.05, 0) is 50.6 Å². The third-order valence-corrected chi connectivity index (χ3v) is 4.66. The van der Waals surface area contributed by atoms with Gasteiger partial charge in [0.2, 0.25) is 5.91 Å². The SMILES string of the molecule is CCOc1ccc([C@@H](C)NC(=O)Cc2coc3cc(OC)ccc23)cc1OCC. The Morgan fingerprint density at radius 3 is 2.55 bits per heavy atom. The standard InChI is InChI=1S/C23H27NO5/c1-5-27-20-10-7-16(11-22(20)28-6-2)15(3)24-23(25)12-17-14-29-21-13-18(26-4)8-9-19(17)21/h7-11,13-15H,5-6,12H2,1-4H3,(H,24,25)/t15-/m1/s1. The molecule has 1 atom stereocenters. The van der Waals surface area contributed by atoms with E-state index in [1.807, 2.05) is 57.2 Å². The Bertz CT molecular complexity index is 979. The number of hydrogen-bond acceptors (Lipinski definition) is 5. The minimum absolute atomic E-state index is 0.0807. The molecule has 3 rings (SSSR count). The number of fused-ring (bicyclic) bond motifs is 1. The summed E-state index contributed by atoms with van der Waals surface area (Å²) in [5.41, 5.74) is 2.49. The van der Waals surface area contributed by atoms with Crippen LogP contribution in [0.4, 0.5) is 0 Å². The van der Waals surface area contributed by atoms with Crippen LogP contribution in [0.5, 0.6) is 17.2 Å². The van der Waals surface area contributed by atoms with Gasteiger partial charge in [-0.15, -0.1) is 0 Å². The van der Waals surface area contributed by atoms with Crippen molar-refractivity contribution in [3.63, 3.8) is 0 Å². The van der Waals surface area contributed by atoms with Gasteiger partial charge in [-0.2, -0.15) is 0 Å². The molecule has 0 unspecified atom stereocenters. The number of furan rings is 1. The lowest BCUT2D eigenvalue weighted by Gasteiger charge is -2.17. The minimum atomic E-state index is -0.171. The molecule has 6 nitrogen and oxygen atoms in total. The van der Waals surface area contributed by atoms with E-state index >= 15 is 0 Å². The van der Waals surface area contributed by atoms with E-state index in [9.17, 15) is 4.79 Å². The quantitative estimate of drug-likeness (QED) is 0.569. The van der Waals surface area contributed by atoms with Crippen LogP contribution in [0.25, 0.3) is 11.0 Å². The summed E-state index contributed by atoms with van der Waals surface area (Å²) in [5.74, 6) is 2.03. The van der Waals surface area contributed by atoms with Crippen LogP contribution >= 0.6 is 0 Å². The van der Waals surface area contributed by atoms with Gasteiger partial charge in [-0.3, -0.25) is 4.79 Å². The molecule has 3 aromatic rings. The number of carbonyl (C=O) groups is 1. The Labute approximate surface area is 170 Å². The van der Waals surface area contributed by atoms with E-state index in [4.69, 9.17) is 18.6 Å². The predicted octanol–water partition coefficient (Wildman–Crippen LogP) is 4.66. The van der Waals surface area contributed by atoms with E-state index in [0.29, 0.717) is 30.3 Å². The highest BCUT2D eigenvalue weighted by Crippen LogP contribution is 2.31. The van der Waals surface area contributed by atoms with Gasteiger partial charge in [0.15, 0.2) is 11.5 Å². The maximum atomic E-state index is 12.6. The van der Waals surface area contributed by atoms with E-state index in [1.165, 1.54) is 0 Å². The molecule has 1 heterocycles. The number of hydrogen-bond donors (Lipinski definition) is 1. The molecule has 0 aliphatic carbocycles. The summed E-state index contributed by atoms with van der Waals surface area (Å²) in [4.78, 5) is 12.6. The number of methoxy groups -OCH3 is 1. The highest BCUT2D eigenvalue weighted by molar-refractivity contribution is 5.88. The fourth-order valence-corrected chi connectivity index (χ4v) is 3.21. The van der Waals surface area contributed by atoms with Gasteiger partial charge in [0.1, 0.15) is 11.3 Å². The van der Waals surface area contributed by atoms with Crippen LogP contribution in [0.3, 0.4) is 0 Å². The Balaban J connectivity index is 1.70. The molecule has 0 saturated heterocycles. The number of benzene rings is 2. The average molecular weight is 397 g/mol. The largest absolute Gasteiger partial charge is 0.497 e. The zero-order valence-electron chi connectivity index (χ0n) is 17.3. The van der Waals surface area contributed by atoms with E-state index in [2.05, 4.69) is 5.32 Å². The third-order valence-electron chi connectivity index (χ3n) is 4.66. The first-order valence-electron chi connectivity index (χ1n) is 9.78. The van der Waals surface area contributed by atoms with E-state index < -0.39 is 0 Å². The fraction of sp³-hybridized carbons (Fsp3) is 0.348. The van der Waals surface area contributed by atoms with Crippen LogP contribution in [0, 0.1) is 0 Å². The molecule has 0 radical (unpaired) electrons. The van der Waals surface area contributed by atoms with Gasteiger partial charge in [0, 0.05) is 17.0 Å². The minimum Gasteiger partial charge on any atom is -0.497 e. The van der Waals surface area contributed by atoms with Crippen molar-refractivity contribution in [3.8, 4) is 17.2 Å². The molecule has 1 N–H and O–H groups in total.